The first kappa shape index (κ1) is 12.7. The number of benzene rings is 1. The summed E-state index contributed by atoms with van der Waals surface area (Å²) in [7, 11) is 0. The van der Waals surface area contributed by atoms with Crippen molar-refractivity contribution in [2.24, 2.45) is 5.92 Å². The summed E-state index contributed by atoms with van der Waals surface area (Å²) in [5, 5.41) is 18.0. The number of hydrogen-bond donors (Lipinski definition) is 1. The van der Waals surface area contributed by atoms with Crippen LogP contribution >= 0.6 is 11.6 Å². The molecule has 1 saturated heterocycles. The Bertz CT molecular complexity index is 510. The Morgan fingerprint density at radius 2 is 2.39 bits per heavy atom. The zero-order chi connectivity index (χ0) is 13.1. The number of nitriles is 1. The second-order valence-electron chi connectivity index (χ2n) is 4.47. The zero-order valence-electron chi connectivity index (χ0n) is 9.77. The highest BCUT2D eigenvalue weighted by atomic mass is 35.5. The summed E-state index contributed by atoms with van der Waals surface area (Å²) in [6.07, 6.45) is 1.09. The highest BCUT2D eigenvalue weighted by Gasteiger charge is 2.24. The lowest BCUT2D eigenvalue weighted by Crippen LogP contribution is -2.20. The Hall–Kier alpha value is -1.73. The number of halogens is 1. The van der Waals surface area contributed by atoms with Crippen LogP contribution in [0.5, 0.6) is 0 Å². The van der Waals surface area contributed by atoms with Gasteiger partial charge in [-0.05, 0) is 30.5 Å². The molecule has 2 rings (SSSR count). The predicted octanol–water partition coefficient (Wildman–Crippen LogP) is 2.51. The summed E-state index contributed by atoms with van der Waals surface area (Å²) in [4.78, 5) is 12.8. The van der Waals surface area contributed by atoms with Crippen LogP contribution in [-0.2, 0) is 4.79 Å². The molecule has 94 valence electrons. The number of carboxylic acids is 1. The predicted molar refractivity (Wildman–Crippen MR) is 68.7 cm³/mol. The molecule has 0 aromatic heterocycles. The summed E-state index contributed by atoms with van der Waals surface area (Å²) >= 11 is 5.99. The quantitative estimate of drug-likeness (QED) is 0.911. The van der Waals surface area contributed by atoms with Gasteiger partial charge in [-0.1, -0.05) is 11.6 Å². The molecule has 0 spiro atoms. The van der Waals surface area contributed by atoms with Gasteiger partial charge in [-0.2, -0.15) is 5.26 Å². The van der Waals surface area contributed by atoms with Gasteiger partial charge in [-0.3, -0.25) is 4.79 Å². The van der Waals surface area contributed by atoms with Crippen LogP contribution in [0.3, 0.4) is 0 Å². The molecule has 1 aromatic carbocycles. The molecular formula is C13H13ClN2O2. The first-order chi connectivity index (χ1) is 8.60. The van der Waals surface area contributed by atoms with Crippen LogP contribution < -0.4 is 4.90 Å². The van der Waals surface area contributed by atoms with E-state index < -0.39 is 5.97 Å². The molecule has 1 atom stereocenters. The minimum absolute atomic E-state index is 0.192. The molecule has 1 unspecified atom stereocenters. The maximum absolute atomic E-state index is 10.7. The number of carboxylic acid groups (broad SMARTS) is 1. The number of nitrogens with zero attached hydrogens (tertiary/aromatic N) is 2. The van der Waals surface area contributed by atoms with Crippen LogP contribution in [0.4, 0.5) is 5.69 Å². The summed E-state index contributed by atoms with van der Waals surface area (Å²) in [6, 6.07) is 7.34. The van der Waals surface area contributed by atoms with Crippen LogP contribution in [0.25, 0.3) is 0 Å². The van der Waals surface area contributed by atoms with Crippen molar-refractivity contribution < 1.29 is 9.90 Å². The van der Waals surface area contributed by atoms with Gasteiger partial charge in [0.15, 0.2) is 0 Å². The molecule has 1 aromatic rings. The molecule has 1 aliphatic rings. The maximum Gasteiger partial charge on any atom is 0.303 e. The fraction of sp³-hybridized carbons (Fsp3) is 0.385. The number of carbonyl (C=O) groups is 1. The first-order valence-electron chi connectivity index (χ1n) is 5.76. The second kappa shape index (κ2) is 5.28. The molecule has 1 fully saturated rings. The lowest BCUT2D eigenvalue weighted by atomic mass is 10.1. The van der Waals surface area contributed by atoms with E-state index in [0.29, 0.717) is 10.6 Å². The van der Waals surface area contributed by atoms with Crippen molar-refractivity contribution in [3.05, 3.63) is 28.8 Å². The average Bonchev–Trinajstić information content (AvgIpc) is 2.76. The lowest BCUT2D eigenvalue weighted by molar-refractivity contribution is -0.137. The minimum atomic E-state index is -0.750. The fourth-order valence-electron chi connectivity index (χ4n) is 2.27. The van der Waals surface area contributed by atoms with Crippen molar-refractivity contribution in [3.63, 3.8) is 0 Å². The van der Waals surface area contributed by atoms with E-state index in [1.165, 1.54) is 0 Å². The van der Waals surface area contributed by atoms with Gasteiger partial charge in [0.25, 0.3) is 0 Å². The van der Waals surface area contributed by atoms with Crippen LogP contribution in [0.1, 0.15) is 18.4 Å². The monoisotopic (exact) mass is 264 g/mol. The van der Waals surface area contributed by atoms with Gasteiger partial charge in [-0.15, -0.1) is 0 Å². The molecule has 0 radical (unpaired) electrons. The van der Waals surface area contributed by atoms with Gasteiger partial charge >= 0.3 is 5.97 Å². The molecule has 0 amide bonds. The largest absolute Gasteiger partial charge is 0.481 e. The highest BCUT2D eigenvalue weighted by Crippen LogP contribution is 2.28. The Kier molecular flexibility index (Phi) is 3.73. The zero-order valence-corrected chi connectivity index (χ0v) is 10.5. The highest BCUT2D eigenvalue weighted by molar-refractivity contribution is 6.32. The Balaban J connectivity index is 2.08. The van der Waals surface area contributed by atoms with Gasteiger partial charge in [0.1, 0.15) is 6.07 Å². The van der Waals surface area contributed by atoms with Gasteiger partial charge in [0, 0.05) is 25.2 Å². The third kappa shape index (κ3) is 2.74. The van der Waals surface area contributed by atoms with Crippen LogP contribution in [0.2, 0.25) is 5.02 Å². The minimum Gasteiger partial charge on any atom is -0.481 e. The molecule has 0 aliphatic carbocycles. The average molecular weight is 265 g/mol. The molecule has 18 heavy (non-hydrogen) atoms. The second-order valence-corrected chi connectivity index (χ2v) is 4.88. The number of anilines is 1. The topological polar surface area (TPSA) is 64.3 Å². The molecule has 1 heterocycles. The standard InChI is InChI=1S/C13H13ClN2O2/c14-12-6-11(2-1-10(12)7-15)16-4-3-9(8-16)5-13(17)18/h1-2,6,9H,3-5,8H2,(H,17,18). The van der Waals surface area contributed by atoms with Crippen LogP contribution in [0.15, 0.2) is 18.2 Å². The smallest absolute Gasteiger partial charge is 0.303 e. The SMILES string of the molecule is N#Cc1ccc(N2CCC(CC(=O)O)C2)cc1Cl. The van der Waals surface area contributed by atoms with Gasteiger partial charge in [0.05, 0.1) is 10.6 Å². The molecule has 1 aliphatic heterocycles. The van der Waals surface area contributed by atoms with Crippen molar-refractivity contribution in [2.45, 2.75) is 12.8 Å². The van der Waals surface area contributed by atoms with Crippen LogP contribution in [0, 0.1) is 17.2 Å². The Morgan fingerprint density at radius 1 is 1.61 bits per heavy atom. The summed E-state index contributed by atoms with van der Waals surface area (Å²) < 4.78 is 0. The van der Waals surface area contributed by atoms with E-state index in [0.717, 1.165) is 25.2 Å². The maximum atomic E-state index is 10.7. The third-order valence-corrected chi connectivity index (χ3v) is 3.50. The summed E-state index contributed by atoms with van der Waals surface area (Å²) in [5.74, 6) is -0.559. The van der Waals surface area contributed by atoms with Crippen molar-refractivity contribution in [2.75, 3.05) is 18.0 Å². The molecule has 0 bridgehead atoms. The Labute approximate surface area is 110 Å². The van der Waals surface area contributed by atoms with E-state index >= 15 is 0 Å². The van der Waals surface area contributed by atoms with Crippen molar-refractivity contribution in [3.8, 4) is 6.07 Å². The molecule has 4 nitrogen and oxygen atoms in total. The number of rotatable bonds is 3. The van der Waals surface area contributed by atoms with E-state index in [-0.39, 0.29) is 12.3 Å². The van der Waals surface area contributed by atoms with E-state index in [9.17, 15) is 4.79 Å². The number of hydrogen-bond acceptors (Lipinski definition) is 3. The Morgan fingerprint density at radius 3 is 3.00 bits per heavy atom. The lowest BCUT2D eigenvalue weighted by Gasteiger charge is -2.18. The molecular weight excluding hydrogens is 252 g/mol. The fourth-order valence-corrected chi connectivity index (χ4v) is 2.49. The van der Waals surface area contributed by atoms with Gasteiger partial charge in [-0.25, -0.2) is 0 Å². The van der Waals surface area contributed by atoms with Gasteiger partial charge < -0.3 is 10.0 Å². The normalized spacial score (nSPS) is 18.7. The van der Waals surface area contributed by atoms with E-state index in [2.05, 4.69) is 4.90 Å². The molecule has 5 heteroatoms. The van der Waals surface area contributed by atoms with Crippen molar-refractivity contribution in [1.82, 2.24) is 0 Å². The van der Waals surface area contributed by atoms with E-state index in [4.69, 9.17) is 22.0 Å². The van der Waals surface area contributed by atoms with E-state index in [1.54, 1.807) is 12.1 Å². The molecule has 0 saturated carbocycles. The van der Waals surface area contributed by atoms with E-state index in [1.807, 2.05) is 12.1 Å². The number of aliphatic carboxylic acids is 1. The van der Waals surface area contributed by atoms with Crippen molar-refractivity contribution >= 4 is 23.3 Å². The van der Waals surface area contributed by atoms with Crippen molar-refractivity contribution in [1.29, 1.82) is 5.26 Å². The third-order valence-electron chi connectivity index (χ3n) is 3.19. The van der Waals surface area contributed by atoms with Crippen LogP contribution in [-0.4, -0.2) is 24.2 Å². The van der Waals surface area contributed by atoms with Gasteiger partial charge in [0.2, 0.25) is 0 Å². The summed E-state index contributed by atoms with van der Waals surface area (Å²) in [5.41, 5.74) is 1.41. The first-order valence-corrected chi connectivity index (χ1v) is 6.14. The molecule has 1 N–H and O–H groups in total. The summed E-state index contributed by atoms with van der Waals surface area (Å²) in [6.45, 7) is 1.56.